The second-order valence-corrected chi connectivity index (χ2v) is 13.3. The zero-order valence-electron chi connectivity index (χ0n) is 29.5. The molecule has 4 atom stereocenters. The normalized spacial score (nSPS) is 19.2. The predicted octanol–water partition coefficient (Wildman–Crippen LogP) is 7.94. The number of nitrogens with two attached hydrogens (primary N) is 1. The molecule has 47 heavy (non-hydrogen) atoms. The summed E-state index contributed by atoms with van der Waals surface area (Å²) in [4.78, 5) is 41.5. The summed E-state index contributed by atoms with van der Waals surface area (Å²) < 4.78 is 18.2. The molecule has 2 rings (SSSR count). The maximum Gasteiger partial charge on any atom is 0.351 e. The van der Waals surface area contributed by atoms with Gasteiger partial charge in [0.15, 0.2) is 12.3 Å². The second kappa shape index (κ2) is 25.5. The molecule has 1 aromatic heterocycles. The molecular weight excluding hydrogens is 598 g/mol. The summed E-state index contributed by atoms with van der Waals surface area (Å²) >= 11 is 0. The van der Waals surface area contributed by atoms with Gasteiger partial charge in [-0.15, -0.1) is 0 Å². The van der Waals surface area contributed by atoms with Crippen LogP contribution in [-0.4, -0.2) is 51.5 Å². The van der Waals surface area contributed by atoms with E-state index in [1.807, 2.05) is 0 Å². The van der Waals surface area contributed by atoms with E-state index in [1.54, 1.807) is 0 Å². The number of rotatable bonds is 28. The maximum atomic E-state index is 12.8. The lowest BCUT2D eigenvalue weighted by molar-refractivity contribution is -0.160. The number of carbonyl (C=O) groups is 2. The van der Waals surface area contributed by atoms with E-state index in [0.717, 1.165) is 43.1 Å². The highest BCUT2D eigenvalue weighted by Crippen LogP contribution is 2.31. The quantitative estimate of drug-likeness (QED) is 0.0674. The Balaban J connectivity index is 1.75. The molecular formula is C37H65N3O7. The van der Waals surface area contributed by atoms with Crippen LogP contribution >= 0.6 is 0 Å². The molecule has 0 bridgehead atoms. The topological polar surface area (TPSA) is 143 Å². The van der Waals surface area contributed by atoms with Crippen LogP contribution in [0, 0.1) is 0 Å². The molecule has 1 aliphatic rings. The van der Waals surface area contributed by atoms with Crippen LogP contribution in [0.3, 0.4) is 0 Å². The van der Waals surface area contributed by atoms with Gasteiger partial charge in [0.25, 0.3) is 0 Å². The lowest BCUT2D eigenvalue weighted by Crippen LogP contribution is -2.39. The summed E-state index contributed by atoms with van der Waals surface area (Å²) in [5.74, 6) is -0.768. The Morgan fingerprint density at radius 2 is 1.21 bits per heavy atom. The number of anilines is 1. The van der Waals surface area contributed by atoms with E-state index in [-0.39, 0.29) is 24.8 Å². The first-order chi connectivity index (χ1) is 22.9. The van der Waals surface area contributed by atoms with Gasteiger partial charge in [0, 0.05) is 19.0 Å². The van der Waals surface area contributed by atoms with E-state index in [2.05, 4.69) is 18.8 Å². The number of carbonyl (C=O) groups excluding carboxylic acids is 2. The van der Waals surface area contributed by atoms with E-state index in [4.69, 9.17) is 19.9 Å². The third-order valence-corrected chi connectivity index (χ3v) is 9.08. The van der Waals surface area contributed by atoms with E-state index in [9.17, 15) is 19.5 Å². The molecule has 0 saturated carbocycles. The zero-order valence-corrected chi connectivity index (χ0v) is 29.5. The van der Waals surface area contributed by atoms with Crippen LogP contribution in [0.5, 0.6) is 0 Å². The summed E-state index contributed by atoms with van der Waals surface area (Å²) in [6.07, 6.45) is 23.4. The molecule has 0 aliphatic carbocycles. The first-order valence-electron chi connectivity index (χ1n) is 18.9. The number of aliphatic hydroxyl groups excluding tert-OH is 1. The Morgan fingerprint density at radius 1 is 0.766 bits per heavy atom. The molecule has 0 aromatic carbocycles. The van der Waals surface area contributed by atoms with Crippen LogP contribution in [0.15, 0.2) is 17.1 Å². The third-order valence-electron chi connectivity index (χ3n) is 9.08. The Morgan fingerprint density at radius 3 is 1.68 bits per heavy atom. The molecule has 270 valence electrons. The van der Waals surface area contributed by atoms with Gasteiger partial charge in [0.2, 0.25) is 0 Å². The Bertz CT molecular complexity index is 1030. The van der Waals surface area contributed by atoms with Crippen molar-refractivity contribution in [2.45, 2.75) is 192 Å². The number of hydrogen-bond donors (Lipinski definition) is 2. The minimum atomic E-state index is -1.35. The highest BCUT2D eigenvalue weighted by Gasteiger charge is 2.48. The number of unbranched alkanes of at least 4 members (excludes halogenated alkanes) is 20. The van der Waals surface area contributed by atoms with Gasteiger partial charge >= 0.3 is 17.6 Å². The minimum Gasteiger partial charge on any atom is -0.463 e. The van der Waals surface area contributed by atoms with E-state index < -0.39 is 36.2 Å². The fourth-order valence-corrected chi connectivity index (χ4v) is 6.17. The van der Waals surface area contributed by atoms with Crippen LogP contribution in [0.4, 0.5) is 5.82 Å². The largest absolute Gasteiger partial charge is 0.463 e. The Labute approximate surface area is 283 Å². The Hall–Kier alpha value is -2.46. The monoisotopic (exact) mass is 663 g/mol. The number of nitrogens with zero attached hydrogens (tertiary/aromatic N) is 2. The fraction of sp³-hybridized carbons (Fsp3) is 0.838. The summed E-state index contributed by atoms with van der Waals surface area (Å²) in [7, 11) is 0. The van der Waals surface area contributed by atoms with E-state index in [0.29, 0.717) is 12.8 Å². The summed E-state index contributed by atoms with van der Waals surface area (Å²) in [5.41, 5.74) is 4.92. The highest BCUT2D eigenvalue weighted by atomic mass is 16.6. The maximum absolute atomic E-state index is 12.8. The molecule has 1 aromatic rings. The first-order valence-corrected chi connectivity index (χ1v) is 18.9. The molecule has 1 aliphatic heterocycles. The van der Waals surface area contributed by atoms with Gasteiger partial charge in [0.05, 0.1) is 0 Å². The molecule has 0 amide bonds. The SMILES string of the molecule is CCCCCCCCCCCCCC(=O)OC[C@H]1O[C@@H](n2ccc(N)nc2=O)[C@@H](O)[C@@H]1OC(=O)CCCCCCCCCCCCC. The van der Waals surface area contributed by atoms with E-state index in [1.165, 1.54) is 109 Å². The van der Waals surface area contributed by atoms with Gasteiger partial charge < -0.3 is 25.1 Å². The number of aromatic nitrogens is 2. The summed E-state index contributed by atoms with van der Waals surface area (Å²) in [6.45, 7) is 4.27. The molecule has 10 heteroatoms. The van der Waals surface area contributed by atoms with Crippen LogP contribution in [0.25, 0.3) is 0 Å². The number of nitrogen functional groups attached to an aromatic ring is 1. The van der Waals surface area contributed by atoms with Gasteiger partial charge in [-0.05, 0) is 18.9 Å². The minimum absolute atomic E-state index is 0.0431. The van der Waals surface area contributed by atoms with Crippen molar-refractivity contribution in [3.8, 4) is 0 Å². The molecule has 0 unspecified atom stereocenters. The highest BCUT2D eigenvalue weighted by molar-refractivity contribution is 5.70. The van der Waals surface area contributed by atoms with Crippen LogP contribution in [0.2, 0.25) is 0 Å². The molecule has 0 radical (unpaired) electrons. The lowest BCUT2D eigenvalue weighted by atomic mass is 10.1. The second-order valence-electron chi connectivity index (χ2n) is 13.3. The van der Waals surface area contributed by atoms with Crippen LogP contribution < -0.4 is 11.4 Å². The fourth-order valence-electron chi connectivity index (χ4n) is 6.17. The molecule has 1 saturated heterocycles. The molecule has 2 heterocycles. The van der Waals surface area contributed by atoms with Crippen molar-refractivity contribution in [1.82, 2.24) is 9.55 Å². The number of esters is 2. The summed E-state index contributed by atoms with van der Waals surface area (Å²) in [5, 5.41) is 11.1. The standard InChI is InChI=1S/C37H65N3O7/c1-3-5-7-9-11-13-15-17-19-21-23-25-32(41)45-29-30-35(34(43)36(46-30)40-28-27-31(38)39-37(40)44)47-33(42)26-24-22-20-18-16-14-12-10-8-6-4-2/h27-28,30,34-36,43H,3-26,29H2,1-2H3,(H2,38,39,44)/t30-,34+,35-,36-/m1/s1. The smallest absolute Gasteiger partial charge is 0.351 e. The number of aliphatic hydroxyl groups is 1. The van der Waals surface area contributed by atoms with Crippen molar-refractivity contribution < 1.29 is 28.9 Å². The van der Waals surface area contributed by atoms with Crippen molar-refractivity contribution >= 4 is 17.8 Å². The molecule has 1 fully saturated rings. The Kier molecular flexibility index (Phi) is 22.1. The van der Waals surface area contributed by atoms with Crippen molar-refractivity contribution in [1.29, 1.82) is 0 Å². The third kappa shape index (κ3) is 17.5. The van der Waals surface area contributed by atoms with Crippen molar-refractivity contribution in [3.63, 3.8) is 0 Å². The molecule has 0 spiro atoms. The number of ether oxygens (including phenoxy) is 3. The average molecular weight is 664 g/mol. The van der Waals surface area contributed by atoms with Gasteiger partial charge in [-0.1, -0.05) is 142 Å². The van der Waals surface area contributed by atoms with Crippen molar-refractivity contribution in [2.24, 2.45) is 0 Å². The van der Waals surface area contributed by atoms with E-state index >= 15 is 0 Å². The van der Waals surface area contributed by atoms with Gasteiger partial charge in [-0.2, -0.15) is 4.98 Å². The van der Waals surface area contributed by atoms with Crippen LogP contribution in [0.1, 0.15) is 174 Å². The van der Waals surface area contributed by atoms with Gasteiger partial charge in [-0.25, -0.2) is 4.79 Å². The predicted molar refractivity (Wildman–Crippen MR) is 186 cm³/mol. The molecule has 10 nitrogen and oxygen atoms in total. The van der Waals surface area contributed by atoms with Crippen LogP contribution in [-0.2, 0) is 23.8 Å². The zero-order chi connectivity index (χ0) is 34.1. The van der Waals surface area contributed by atoms with Crippen molar-refractivity contribution in [2.75, 3.05) is 12.3 Å². The van der Waals surface area contributed by atoms with Gasteiger partial charge in [0.1, 0.15) is 24.6 Å². The average Bonchev–Trinajstić information content (AvgIpc) is 3.35. The molecule has 3 N–H and O–H groups in total. The number of hydrogen-bond acceptors (Lipinski definition) is 9. The first kappa shape index (κ1) is 40.7. The van der Waals surface area contributed by atoms with Gasteiger partial charge in [-0.3, -0.25) is 14.2 Å². The lowest BCUT2D eigenvalue weighted by Gasteiger charge is -2.21. The van der Waals surface area contributed by atoms with Crippen molar-refractivity contribution in [3.05, 3.63) is 22.7 Å². The summed E-state index contributed by atoms with van der Waals surface area (Å²) in [6, 6.07) is 1.42.